The highest BCUT2D eigenvalue weighted by Gasteiger charge is 2.21. The summed E-state index contributed by atoms with van der Waals surface area (Å²) in [6, 6.07) is 0. The van der Waals surface area contributed by atoms with E-state index in [9.17, 15) is 0 Å². The summed E-state index contributed by atoms with van der Waals surface area (Å²) in [6.07, 6.45) is 9.41. The van der Waals surface area contributed by atoms with Gasteiger partial charge in [0, 0.05) is 11.9 Å². The third kappa shape index (κ3) is 4.15. The van der Waals surface area contributed by atoms with Crippen molar-refractivity contribution >= 4 is 11.6 Å². The standard InChI is InChI=1S/C11H20ClN/c1-2-3-8-13-9-10-6-4-5-7-11(10)12/h2-3,10-11,13H,4-9H2,1H3/b3-2+. The van der Waals surface area contributed by atoms with E-state index in [4.69, 9.17) is 11.6 Å². The van der Waals surface area contributed by atoms with Gasteiger partial charge in [-0.15, -0.1) is 11.6 Å². The molecule has 1 fully saturated rings. The van der Waals surface area contributed by atoms with E-state index in [0.29, 0.717) is 11.3 Å². The molecule has 0 aromatic heterocycles. The molecular formula is C11H20ClN. The van der Waals surface area contributed by atoms with E-state index < -0.39 is 0 Å². The molecule has 13 heavy (non-hydrogen) atoms. The summed E-state index contributed by atoms with van der Waals surface area (Å²) >= 11 is 6.24. The average molecular weight is 202 g/mol. The summed E-state index contributed by atoms with van der Waals surface area (Å²) in [6.45, 7) is 4.11. The Labute approximate surface area is 86.5 Å². The van der Waals surface area contributed by atoms with Crippen LogP contribution in [0.4, 0.5) is 0 Å². The van der Waals surface area contributed by atoms with Crippen molar-refractivity contribution in [2.75, 3.05) is 13.1 Å². The Bertz CT molecular complexity index is 156. The lowest BCUT2D eigenvalue weighted by Crippen LogP contribution is -2.31. The molecule has 2 unspecified atom stereocenters. The van der Waals surface area contributed by atoms with Crippen LogP contribution in [0.15, 0.2) is 12.2 Å². The highest BCUT2D eigenvalue weighted by Crippen LogP contribution is 2.27. The van der Waals surface area contributed by atoms with Gasteiger partial charge in [0.2, 0.25) is 0 Å². The maximum atomic E-state index is 6.24. The molecule has 2 atom stereocenters. The van der Waals surface area contributed by atoms with E-state index in [-0.39, 0.29) is 0 Å². The Morgan fingerprint density at radius 1 is 1.38 bits per heavy atom. The Balaban J connectivity index is 2.11. The van der Waals surface area contributed by atoms with Gasteiger partial charge < -0.3 is 5.32 Å². The van der Waals surface area contributed by atoms with Crippen LogP contribution < -0.4 is 5.32 Å². The minimum absolute atomic E-state index is 0.409. The quantitative estimate of drug-likeness (QED) is 0.419. The molecule has 2 heteroatoms. The van der Waals surface area contributed by atoms with Crippen molar-refractivity contribution in [2.24, 2.45) is 5.92 Å². The topological polar surface area (TPSA) is 12.0 Å². The van der Waals surface area contributed by atoms with Crippen molar-refractivity contribution in [1.29, 1.82) is 0 Å². The van der Waals surface area contributed by atoms with E-state index in [1.165, 1.54) is 25.7 Å². The van der Waals surface area contributed by atoms with Crippen LogP contribution in [0.25, 0.3) is 0 Å². The molecule has 0 heterocycles. The van der Waals surface area contributed by atoms with Gasteiger partial charge in [-0.25, -0.2) is 0 Å². The lowest BCUT2D eigenvalue weighted by atomic mass is 9.89. The van der Waals surface area contributed by atoms with E-state index in [1.807, 2.05) is 6.92 Å². The van der Waals surface area contributed by atoms with E-state index in [2.05, 4.69) is 17.5 Å². The maximum Gasteiger partial charge on any atom is 0.0376 e. The zero-order valence-electron chi connectivity index (χ0n) is 8.43. The fourth-order valence-corrected chi connectivity index (χ4v) is 2.23. The first kappa shape index (κ1) is 11.1. The molecule has 0 saturated heterocycles. The van der Waals surface area contributed by atoms with Crippen molar-refractivity contribution in [3.63, 3.8) is 0 Å². The van der Waals surface area contributed by atoms with Gasteiger partial charge in [0.25, 0.3) is 0 Å². The molecule has 0 bridgehead atoms. The van der Waals surface area contributed by atoms with Crippen molar-refractivity contribution in [1.82, 2.24) is 5.32 Å². The molecule has 1 N–H and O–H groups in total. The first-order valence-electron chi connectivity index (χ1n) is 5.30. The Morgan fingerprint density at radius 2 is 2.15 bits per heavy atom. The number of hydrogen-bond donors (Lipinski definition) is 1. The molecule has 1 nitrogen and oxygen atoms in total. The summed E-state index contributed by atoms with van der Waals surface area (Å²) in [7, 11) is 0. The zero-order valence-corrected chi connectivity index (χ0v) is 9.19. The number of nitrogens with one attached hydrogen (secondary N) is 1. The molecule has 0 aromatic carbocycles. The first-order chi connectivity index (χ1) is 6.34. The summed E-state index contributed by atoms with van der Waals surface area (Å²) in [5.41, 5.74) is 0. The van der Waals surface area contributed by atoms with Crippen LogP contribution in [0.3, 0.4) is 0 Å². The van der Waals surface area contributed by atoms with Gasteiger partial charge in [0.05, 0.1) is 0 Å². The number of rotatable bonds is 4. The van der Waals surface area contributed by atoms with Crippen molar-refractivity contribution in [3.05, 3.63) is 12.2 Å². The molecule has 0 aromatic rings. The molecule has 0 radical (unpaired) electrons. The number of allylic oxidation sites excluding steroid dienone is 1. The average Bonchev–Trinajstić information content (AvgIpc) is 2.15. The molecule has 0 amide bonds. The third-order valence-corrected chi connectivity index (χ3v) is 3.30. The van der Waals surface area contributed by atoms with Crippen LogP contribution in [0, 0.1) is 5.92 Å². The summed E-state index contributed by atoms with van der Waals surface area (Å²) < 4.78 is 0. The lowest BCUT2D eigenvalue weighted by Gasteiger charge is -2.26. The van der Waals surface area contributed by atoms with Gasteiger partial charge in [-0.2, -0.15) is 0 Å². The Hall–Kier alpha value is -0.0100. The van der Waals surface area contributed by atoms with Gasteiger partial charge >= 0.3 is 0 Å². The van der Waals surface area contributed by atoms with Gasteiger partial charge in [-0.05, 0) is 32.2 Å². The second-order valence-electron chi connectivity index (χ2n) is 3.79. The van der Waals surface area contributed by atoms with E-state index in [0.717, 1.165) is 13.1 Å². The molecule has 1 aliphatic rings. The normalized spacial score (nSPS) is 29.7. The fraction of sp³-hybridized carbons (Fsp3) is 0.818. The molecule has 76 valence electrons. The van der Waals surface area contributed by atoms with Crippen LogP contribution in [0.2, 0.25) is 0 Å². The zero-order chi connectivity index (χ0) is 9.52. The molecule has 1 saturated carbocycles. The predicted octanol–water partition coefficient (Wildman–Crippen LogP) is 2.95. The van der Waals surface area contributed by atoms with Crippen LogP contribution in [-0.2, 0) is 0 Å². The smallest absolute Gasteiger partial charge is 0.0376 e. The minimum atomic E-state index is 0.409. The minimum Gasteiger partial charge on any atom is -0.313 e. The largest absolute Gasteiger partial charge is 0.313 e. The van der Waals surface area contributed by atoms with Gasteiger partial charge in [0.15, 0.2) is 0 Å². The van der Waals surface area contributed by atoms with Crippen LogP contribution >= 0.6 is 11.6 Å². The molecule has 0 aliphatic heterocycles. The molecule has 0 spiro atoms. The maximum absolute atomic E-state index is 6.24. The monoisotopic (exact) mass is 201 g/mol. The summed E-state index contributed by atoms with van der Waals surface area (Å²) in [5, 5.41) is 3.82. The number of hydrogen-bond acceptors (Lipinski definition) is 1. The van der Waals surface area contributed by atoms with Gasteiger partial charge in [0.1, 0.15) is 0 Å². The Kier molecular flexibility index (Phi) is 5.49. The Morgan fingerprint density at radius 3 is 2.85 bits per heavy atom. The summed E-state index contributed by atoms with van der Waals surface area (Å²) in [5.74, 6) is 0.695. The van der Waals surface area contributed by atoms with E-state index in [1.54, 1.807) is 0 Å². The van der Waals surface area contributed by atoms with Crippen LogP contribution in [-0.4, -0.2) is 18.5 Å². The number of halogens is 1. The van der Waals surface area contributed by atoms with Crippen molar-refractivity contribution in [2.45, 2.75) is 38.0 Å². The number of alkyl halides is 1. The van der Waals surface area contributed by atoms with Crippen molar-refractivity contribution in [3.8, 4) is 0 Å². The second-order valence-corrected chi connectivity index (χ2v) is 4.35. The predicted molar refractivity (Wildman–Crippen MR) is 59.3 cm³/mol. The molecular weight excluding hydrogens is 182 g/mol. The molecule has 1 aliphatic carbocycles. The van der Waals surface area contributed by atoms with Crippen LogP contribution in [0.5, 0.6) is 0 Å². The van der Waals surface area contributed by atoms with E-state index >= 15 is 0 Å². The van der Waals surface area contributed by atoms with Crippen LogP contribution in [0.1, 0.15) is 32.6 Å². The second kappa shape index (κ2) is 6.44. The summed E-state index contributed by atoms with van der Waals surface area (Å²) in [4.78, 5) is 0. The third-order valence-electron chi connectivity index (χ3n) is 2.72. The molecule has 1 rings (SSSR count). The highest BCUT2D eigenvalue weighted by atomic mass is 35.5. The fourth-order valence-electron chi connectivity index (χ4n) is 1.86. The SMILES string of the molecule is C/C=C/CNCC1CCCCC1Cl. The first-order valence-corrected chi connectivity index (χ1v) is 5.74. The van der Waals surface area contributed by atoms with Gasteiger partial charge in [-0.3, -0.25) is 0 Å². The van der Waals surface area contributed by atoms with Gasteiger partial charge in [-0.1, -0.05) is 25.0 Å². The highest BCUT2D eigenvalue weighted by molar-refractivity contribution is 6.20. The van der Waals surface area contributed by atoms with Crippen molar-refractivity contribution < 1.29 is 0 Å². The lowest BCUT2D eigenvalue weighted by molar-refractivity contribution is 0.353.